The zero-order valence-electron chi connectivity index (χ0n) is 14.6. The molecule has 0 heterocycles. The van der Waals surface area contributed by atoms with Crippen molar-refractivity contribution in [2.45, 2.75) is 12.4 Å². The van der Waals surface area contributed by atoms with Gasteiger partial charge in [-0.2, -0.15) is 26.3 Å². The number of hydrogen-bond donors (Lipinski definition) is 0. The number of rotatable bonds is 3. The van der Waals surface area contributed by atoms with E-state index in [-0.39, 0.29) is 16.9 Å². The van der Waals surface area contributed by atoms with Gasteiger partial charge in [0.25, 0.3) is 5.91 Å². The van der Waals surface area contributed by atoms with E-state index in [4.69, 9.17) is 0 Å². The van der Waals surface area contributed by atoms with Gasteiger partial charge in [-0.15, -0.1) is 0 Å². The van der Waals surface area contributed by atoms with Crippen LogP contribution in [0, 0.1) is 0 Å². The molecule has 0 aliphatic carbocycles. The topological polar surface area (TPSA) is 20.3 Å². The van der Waals surface area contributed by atoms with Crippen LogP contribution < -0.4 is 4.90 Å². The summed E-state index contributed by atoms with van der Waals surface area (Å²) >= 11 is 0. The Labute approximate surface area is 162 Å². The van der Waals surface area contributed by atoms with Crippen molar-refractivity contribution >= 4 is 17.3 Å². The third-order valence-electron chi connectivity index (χ3n) is 4.13. The van der Waals surface area contributed by atoms with Gasteiger partial charge in [-0.25, -0.2) is 0 Å². The molecule has 2 nitrogen and oxygen atoms in total. The average Bonchev–Trinajstić information content (AvgIpc) is 2.68. The van der Waals surface area contributed by atoms with Gasteiger partial charge < -0.3 is 0 Å². The first-order chi connectivity index (χ1) is 13.6. The van der Waals surface area contributed by atoms with Gasteiger partial charge in [0.15, 0.2) is 0 Å². The van der Waals surface area contributed by atoms with Crippen LogP contribution in [0.1, 0.15) is 21.5 Å². The van der Waals surface area contributed by atoms with Crippen LogP contribution in [0.4, 0.5) is 37.7 Å². The maximum Gasteiger partial charge on any atom is 0.416 e. The monoisotopic (exact) mass is 409 g/mol. The molecule has 3 aromatic rings. The molecule has 1 amide bonds. The van der Waals surface area contributed by atoms with Gasteiger partial charge in [0.05, 0.1) is 11.1 Å². The molecule has 0 aliphatic rings. The molecule has 0 saturated carbocycles. The second-order valence-corrected chi connectivity index (χ2v) is 6.10. The van der Waals surface area contributed by atoms with Crippen molar-refractivity contribution < 1.29 is 31.1 Å². The summed E-state index contributed by atoms with van der Waals surface area (Å²) < 4.78 is 77.0. The molecule has 150 valence electrons. The Kier molecular flexibility index (Phi) is 5.37. The quantitative estimate of drug-likeness (QED) is 0.441. The first kappa shape index (κ1) is 20.4. The highest BCUT2D eigenvalue weighted by Crippen LogP contribution is 2.35. The van der Waals surface area contributed by atoms with Crippen molar-refractivity contribution in [3.8, 4) is 0 Å². The fourth-order valence-corrected chi connectivity index (χ4v) is 2.69. The van der Waals surface area contributed by atoms with Crippen molar-refractivity contribution in [1.82, 2.24) is 0 Å². The van der Waals surface area contributed by atoms with Crippen LogP contribution in [0.2, 0.25) is 0 Å². The lowest BCUT2D eigenvalue weighted by atomic mass is 10.1. The van der Waals surface area contributed by atoms with Gasteiger partial charge >= 0.3 is 12.4 Å². The minimum Gasteiger partial charge on any atom is -0.277 e. The molecule has 0 bridgehead atoms. The van der Waals surface area contributed by atoms with Crippen molar-refractivity contribution in [2.75, 3.05) is 4.90 Å². The summed E-state index contributed by atoms with van der Waals surface area (Å²) in [7, 11) is 0. The molecular formula is C21H13F6NO. The number of benzene rings is 3. The van der Waals surface area contributed by atoms with Crippen LogP contribution in [0.25, 0.3) is 0 Å². The van der Waals surface area contributed by atoms with Crippen LogP contribution in [-0.2, 0) is 12.4 Å². The highest BCUT2D eigenvalue weighted by Gasteiger charge is 2.32. The van der Waals surface area contributed by atoms with Crippen molar-refractivity contribution in [3.63, 3.8) is 0 Å². The molecule has 0 atom stereocenters. The molecule has 0 fully saturated rings. The van der Waals surface area contributed by atoms with E-state index >= 15 is 0 Å². The lowest BCUT2D eigenvalue weighted by Gasteiger charge is -2.24. The summed E-state index contributed by atoms with van der Waals surface area (Å²) in [6.45, 7) is 0. The second kappa shape index (κ2) is 7.62. The van der Waals surface area contributed by atoms with E-state index in [1.165, 1.54) is 12.1 Å². The number of carbonyl (C=O) groups is 1. The Morgan fingerprint density at radius 2 is 0.966 bits per heavy atom. The molecule has 8 heteroatoms. The fourth-order valence-electron chi connectivity index (χ4n) is 2.69. The van der Waals surface area contributed by atoms with Crippen LogP contribution in [0.15, 0.2) is 78.9 Å². The summed E-state index contributed by atoms with van der Waals surface area (Å²) in [5, 5.41) is 0. The Morgan fingerprint density at radius 1 is 0.586 bits per heavy atom. The minimum atomic E-state index is -4.55. The number of halogens is 6. The largest absolute Gasteiger partial charge is 0.416 e. The van der Waals surface area contributed by atoms with E-state index in [1.54, 1.807) is 18.2 Å². The Bertz CT molecular complexity index is 919. The third-order valence-corrected chi connectivity index (χ3v) is 4.13. The molecule has 3 rings (SSSR count). The van der Waals surface area contributed by atoms with Gasteiger partial charge in [0.1, 0.15) is 0 Å². The van der Waals surface area contributed by atoms with Crippen LogP contribution in [0.3, 0.4) is 0 Å². The lowest BCUT2D eigenvalue weighted by molar-refractivity contribution is -0.138. The molecule has 29 heavy (non-hydrogen) atoms. The average molecular weight is 409 g/mol. The van der Waals surface area contributed by atoms with Gasteiger partial charge in [-0.3, -0.25) is 9.69 Å². The number of hydrogen-bond acceptors (Lipinski definition) is 1. The Hall–Kier alpha value is -3.29. The maximum absolute atomic E-state index is 13.0. The normalized spacial score (nSPS) is 11.9. The molecule has 3 aromatic carbocycles. The standard InChI is InChI=1S/C21H13F6NO/c22-20(23,24)15-6-10-17(11-7-15)28(19(29)14-4-2-1-3-5-14)18-12-8-16(9-13-18)21(25,26)27/h1-13H. The molecule has 0 unspecified atom stereocenters. The minimum absolute atomic E-state index is 0.0895. The SMILES string of the molecule is O=C(c1ccccc1)N(c1ccc(C(F)(F)F)cc1)c1ccc(C(F)(F)F)cc1. The van der Waals surface area contributed by atoms with Gasteiger partial charge in [-0.1, -0.05) is 18.2 Å². The highest BCUT2D eigenvalue weighted by atomic mass is 19.4. The zero-order chi connectivity index (χ0) is 21.2. The maximum atomic E-state index is 13.0. The van der Waals surface area contributed by atoms with E-state index in [2.05, 4.69) is 0 Å². The van der Waals surface area contributed by atoms with Gasteiger partial charge in [-0.05, 0) is 60.7 Å². The summed E-state index contributed by atoms with van der Waals surface area (Å²) in [6.07, 6.45) is -9.11. The first-order valence-corrected chi connectivity index (χ1v) is 8.31. The Balaban J connectivity index is 2.06. The molecule has 0 aliphatic heterocycles. The van der Waals surface area contributed by atoms with Crippen LogP contribution in [-0.4, -0.2) is 5.91 Å². The molecule has 0 saturated heterocycles. The summed E-state index contributed by atoms with van der Waals surface area (Å²) in [5.74, 6) is -0.592. The third kappa shape index (κ3) is 4.59. The Morgan fingerprint density at radius 3 is 1.31 bits per heavy atom. The van der Waals surface area contributed by atoms with Crippen LogP contribution in [0.5, 0.6) is 0 Å². The van der Waals surface area contributed by atoms with E-state index in [0.717, 1.165) is 53.4 Å². The summed E-state index contributed by atoms with van der Waals surface area (Å²) in [6, 6.07) is 15.5. The second-order valence-electron chi connectivity index (χ2n) is 6.10. The number of nitrogens with zero attached hydrogens (tertiary/aromatic N) is 1. The number of carbonyl (C=O) groups excluding carboxylic acids is 1. The zero-order valence-corrected chi connectivity index (χ0v) is 14.6. The predicted molar refractivity (Wildman–Crippen MR) is 95.8 cm³/mol. The molecule has 0 spiro atoms. The molecule has 0 aromatic heterocycles. The number of anilines is 2. The van der Waals surface area contributed by atoms with E-state index < -0.39 is 29.4 Å². The van der Waals surface area contributed by atoms with Crippen molar-refractivity contribution in [2.24, 2.45) is 0 Å². The summed E-state index contributed by atoms with van der Waals surface area (Å²) in [4.78, 5) is 14.1. The van der Waals surface area contributed by atoms with E-state index in [0.29, 0.717) is 0 Å². The smallest absolute Gasteiger partial charge is 0.277 e. The van der Waals surface area contributed by atoms with Crippen LogP contribution >= 0.6 is 0 Å². The lowest BCUT2D eigenvalue weighted by Crippen LogP contribution is -2.26. The van der Waals surface area contributed by atoms with Gasteiger partial charge in [0.2, 0.25) is 0 Å². The molecule has 0 radical (unpaired) electrons. The number of amides is 1. The highest BCUT2D eigenvalue weighted by molar-refractivity contribution is 6.10. The van der Waals surface area contributed by atoms with E-state index in [1.807, 2.05) is 0 Å². The van der Waals surface area contributed by atoms with Crippen molar-refractivity contribution in [1.29, 1.82) is 0 Å². The molecule has 0 N–H and O–H groups in total. The van der Waals surface area contributed by atoms with Crippen molar-refractivity contribution in [3.05, 3.63) is 95.6 Å². The number of alkyl halides is 6. The van der Waals surface area contributed by atoms with Gasteiger partial charge in [0, 0.05) is 16.9 Å². The molecular weight excluding hydrogens is 396 g/mol. The summed E-state index contributed by atoms with van der Waals surface area (Å²) in [5.41, 5.74) is -1.40. The first-order valence-electron chi connectivity index (χ1n) is 8.31. The fraction of sp³-hybridized carbons (Fsp3) is 0.0952. The predicted octanol–water partition coefficient (Wildman–Crippen LogP) is 6.70. The van der Waals surface area contributed by atoms with E-state index in [9.17, 15) is 31.1 Å².